The average Bonchev–Trinajstić information content (AvgIpc) is 2.89. The predicted octanol–water partition coefficient (Wildman–Crippen LogP) is 4.80. The Hall–Kier alpha value is -3.67. The molecule has 1 atom stereocenters. The Labute approximate surface area is 180 Å². The van der Waals surface area contributed by atoms with Gasteiger partial charge in [0, 0.05) is 16.8 Å². The van der Waals surface area contributed by atoms with Gasteiger partial charge in [-0.2, -0.15) is 0 Å². The van der Waals surface area contributed by atoms with Crippen LogP contribution < -0.4 is 10.1 Å². The number of benzene rings is 3. The number of carbonyl (C=O) groups excluding carboxylic acids is 2. The van der Waals surface area contributed by atoms with Crippen LogP contribution in [0.5, 0.6) is 5.75 Å². The van der Waals surface area contributed by atoms with Gasteiger partial charge in [-0.15, -0.1) is 0 Å². The van der Waals surface area contributed by atoms with Crippen LogP contribution in [0.2, 0.25) is 0 Å². The molecule has 3 aromatic carbocycles. The van der Waals surface area contributed by atoms with Crippen molar-refractivity contribution in [2.75, 3.05) is 11.9 Å². The van der Waals surface area contributed by atoms with Gasteiger partial charge in [0.25, 0.3) is 5.91 Å². The van der Waals surface area contributed by atoms with Gasteiger partial charge in [0.2, 0.25) is 5.91 Å². The Kier molecular flexibility index (Phi) is 5.71. The van der Waals surface area contributed by atoms with Crippen molar-refractivity contribution in [1.82, 2.24) is 4.90 Å². The fraction of sp³-hybridized carbons (Fsp3) is 0.200. The van der Waals surface area contributed by atoms with Crippen LogP contribution in [0.1, 0.15) is 41.4 Å². The number of ether oxygens (including phenoxy) is 1. The second-order valence-corrected chi connectivity index (χ2v) is 7.72. The number of hydrogen-bond donors (Lipinski definition) is 1. The third-order valence-corrected chi connectivity index (χ3v) is 5.06. The lowest BCUT2D eigenvalue weighted by atomic mass is 9.95. The van der Waals surface area contributed by atoms with Crippen LogP contribution in [0.15, 0.2) is 72.8 Å². The lowest BCUT2D eigenvalue weighted by Gasteiger charge is -2.30. The maximum Gasteiger partial charge on any atom is 0.255 e. The van der Waals surface area contributed by atoms with Gasteiger partial charge in [0.1, 0.15) is 18.1 Å². The van der Waals surface area contributed by atoms with E-state index in [2.05, 4.69) is 5.32 Å². The van der Waals surface area contributed by atoms with E-state index in [0.29, 0.717) is 22.6 Å². The number of fused-ring (bicyclic) bond motifs is 1. The molecule has 0 spiro atoms. The molecule has 0 aliphatic carbocycles. The standard InChI is InChI=1S/C25H23FN2O3/c1-16(2)31-20-11-8-18(9-12-20)25(30)28-15-23(29)27-22-13-10-19(26)14-21(22)24(28)17-6-4-3-5-7-17/h3-14,16,24H,15H2,1-2H3,(H,27,29). The van der Waals surface area contributed by atoms with Crippen LogP contribution in [0.3, 0.4) is 0 Å². The highest BCUT2D eigenvalue weighted by Gasteiger charge is 2.34. The van der Waals surface area contributed by atoms with E-state index in [4.69, 9.17) is 4.74 Å². The molecule has 0 saturated heterocycles. The molecule has 0 radical (unpaired) electrons. The maximum absolute atomic E-state index is 14.2. The van der Waals surface area contributed by atoms with Gasteiger partial charge in [0.05, 0.1) is 12.1 Å². The van der Waals surface area contributed by atoms with Crippen LogP contribution in [-0.2, 0) is 4.79 Å². The summed E-state index contributed by atoms with van der Waals surface area (Å²) >= 11 is 0. The minimum absolute atomic E-state index is 0.0183. The molecule has 1 unspecified atom stereocenters. The summed E-state index contributed by atoms with van der Waals surface area (Å²) in [6.07, 6.45) is 0.0183. The number of anilines is 1. The van der Waals surface area contributed by atoms with Gasteiger partial charge in [-0.25, -0.2) is 4.39 Å². The first-order chi connectivity index (χ1) is 14.9. The van der Waals surface area contributed by atoms with Crippen molar-refractivity contribution in [2.45, 2.75) is 26.0 Å². The minimum Gasteiger partial charge on any atom is -0.491 e. The SMILES string of the molecule is CC(C)Oc1ccc(C(=O)N2CC(=O)Nc3ccc(F)cc3C2c2ccccc2)cc1. The molecule has 1 N–H and O–H groups in total. The molecular weight excluding hydrogens is 395 g/mol. The van der Waals surface area contributed by atoms with E-state index in [1.165, 1.54) is 23.1 Å². The summed E-state index contributed by atoms with van der Waals surface area (Å²) in [6, 6.07) is 19.7. The van der Waals surface area contributed by atoms with Gasteiger partial charge in [0.15, 0.2) is 0 Å². The van der Waals surface area contributed by atoms with E-state index in [0.717, 1.165) is 5.56 Å². The molecule has 0 fully saturated rings. The third kappa shape index (κ3) is 4.43. The quantitative estimate of drug-likeness (QED) is 0.662. The highest BCUT2D eigenvalue weighted by atomic mass is 19.1. The molecule has 31 heavy (non-hydrogen) atoms. The summed E-state index contributed by atoms with van der Waals surface area (Å²) in [4.78, 5) is 27.6. The van der Waals surface area contributed by atoms with Gasteiger partial charge < -0.3 is 15.0 Å². The molecular formula is C25H23FN2O3. The molecule has 0 saturated carbocycles. The van der Waals surface area contributed by atoms with Crippen molar-refractivity contribution in [3.05, 3.63) is 95.3 Å². The molecule has 158 valence electrons. The van der Waals surface area contributed by atoms with Crippen LogP contribution in [0, 0.1) is 5.82 Å². The Bertz CT molecular complexity index is 1100. The summed E-state index contributed by atoms with van der Waals surface area (Å²) in [7, 11) is 0. The molecule has 6 heteroatoms. The Morgan fingerprint density at radius 1 is 1.06 bits per heavy atom. The van der Waals surface area contributed by atoms with E-state index < -0.39 is 11.9 Å². The zero-order valence-electron chi connectivity index (χ0n) is 17.3. The topological polar surface area (TPSA) is 58.6 Å². The number of nitrogens with one attached hydrogen (secondary N) is 1. The largest absolute Gasteiger partial charge is 0.491 e. The van der Waals surface area contributed by atoms with Gasteiger partial charge in [-0.05, 0) is 61.9 Å². The van der Waals surface area contributed by atoms with Crippen LogP contribution >= 0.6 is 0 Å². The molecule has 4 rings (SSSR count). The lowest BCUT2D eigenvalue weighted by molar-refractivity contribution is -0.117. The Morgan fingerprint density at radius 3 is 2.45 bits per heavy atom. The maximum atomic E-state index is 14.2. The molecule has 1 heterocycles. The number of halogens is 1. The van der Waals surface area contributed by atoms with Crippen molar-refractivity contribution >= 4 is 17.5 Å². The fourth-order valence-corrected chi connectivity index (χ4v) is 3.78. The second kappa shape index (κ2) is 8.60. The zero-order valence-corrected chi connectivity index (χ0v) is 17.3. The summed E-state index contributed by atoms with van der Waals surface area (Å²) in [5, 5.41) is 2.80. The van der Waals surface area contributed by atoms with E-state index in [1.807, 2.05) is 44.2 Å². The molecule has 3 aromatic rings. The van der Waals surface area contributed by atoms with Gasteiger partial charge >= 0.3 is 0 Å². The van der Waals surface area contributed by atoms with Gasteiger partial charge in [-0.3, -0.25) is 9.59 Å². The smallest absolute Gasteiger partial charge is 0.255 e. The molecule has 0 bridgehead atoms. The lowest BCUT2D eigenvalue weighted by Crippen LogP contribution is -2.39. The van der Waals surface area contributed by atoms with Crippen LogP contribution in [0.4, 0.5) is 10.1 Å². The highest BCUT2D eigenvalue weighted by Crippen LogP contribution is 2.37. The average molecular weight is 418 g/mol. The fourth-order valence-electron chi connectivity index (χ4n) is 3.78. The Morgan fingerprint density at radius 2 is 1.77 bits per heavy atom. The number of carbonyl (C=O) groups is 2. The number of rotatable bonds is 4. The normalized spacial score (nSPS) is 15.8. The second-order valence-electron chi connectivity index (χ2n) is 7.72. The first-order valence-electron chi connectivity index (χ1n) is 10.1. The summed E-state index contributed by atoms with van der Waals surface area (Å²) < 4.78 is 19.8. The molecule has 1 aliphatic heterocycles. The summed E-state index contributed by atoms with van der Waals surface area (Å²) in [6.45, 7) is 3.70. The van der Waals surface area contributed by atoms with Crippen LogP contribution in [0.25, 0.3) is 0 Å². The van der Waals surface area contributed by atoms with Crippen LogP contribution in [-0.4, -0.2) is 29.4 Å². The minimum atomic E-state index is -0.620. The molecule has 5 nitrogen and oxygen atoms in total. The number of nitrogens with zero attached hydrogens (tertiary/aromatic N) is 1. The van der Waals surface area contributed by atoms with E-state index in [-0.39, 0.29) is 24.5 Å². The highest BCUT2D eigenvalue weighted by molar-refractivity contribution is 6.01. The van der Waals surface area contributed by atoms with Crippen molar-refractivity contribution in [2.24, 2.45) is 0 Å². The first-order valence-corrected chi connectivity index (χ1v) is 10.1. The summed E-state index contributed by atoms with van der Waals surface area (Å²) in [5.74, 6) is -0.429. The van der Waals surface area contributed by atoms with E-state index in [1.54, 1.807) is 24.3 Å². The molecule has 0 aromatic heterocycles. The van der Waals surface area contributed by atoms with Crippen molar-refractivity contribution in [3.63, 3.8) is 0 Å². The number of amides is 2. The Balaban J connectivity index is 1.78. The van der Waals surface area contributed by atoms with E-state index >= 15 is 0 Å². The number of hydrogen-bond acceptors (Lipinski definition) is 3. The zero-order chi connectivity index (χ0) is 22.0. The van der Waals surface area contributed by atoms with Crippen molar-refractivity contribution in [3.8, 4) is 5.75 Å². The van der Waals surface area contributed by atoms with Crippen molar-refractivity contribution in [1.29, 1.82) is 0 Å². The van der Waals surface area contributed by atoms with Gasteiger partial charge in [-0.1, -0.05) is 30.3 Å². The monoisotopic (exact) mass is 418 g/mol. The predicted molar refractivity (Wildman–Crippen MR) is 117 cm³/mol. The van der Waals surface area contributed by atoms with E-state index in [9.17, 15) is 14.0 Å². The molecule has 2 amide bonds. The third-order valence-electron chi connectivity index (χ3n) is 5.06. The summed E-state index contributed by atoms with van der Waals surface area (Å²) in [5.41, 5.74) is 2.24. The molecule has 1 aliphatic rings. The van der Waals surface area contributed by atoms with Crippen molar-refractivity contribution < 1.29 is 18.7 Å². The first kappa shape index (κ1) is 20.6.